The van der Waals surface area contributed by atoms with Crippen molar-refractivity contribution < 1.29 is 18.9 Å². The Hall–Kier alpha value is -1.27. The summed E-state index contributed by atoms with van der Waals surface area (Å²) in [6.07, 6.45) is 2.03. The first-order chi connectivity index (χ1) is 8.57. The number of benzene rings is 1. The zero-order chi connectivity index (χ0) is 13.4. The van der Waals surface area contributed by atoms with E-state index >= 15 is 0 Å². The maximum atomic E-state index is 11.5. The van der Waals surface area contributed by atoms with Crippen molar-refractivity contribution in [3.8, 4) is 5.75 Å². The Balaban J connectivity index is 2.64. The molecule has 0 spiro atoms. The first-order valence-corrected chi connectivity index (χ1v) is 7.66. The van der Waals surface area contributed by atoms with E-state index in [0.717, 1.165) is 12.8 Å². The summed E-state index contributed by atoms with van der Waals surface area (Å²) in [6, 6.07) is 6.81. The number of sulfonamides is 1. The number of quaternary nitrogens is 1. The fourth-order valence-corrected chi connectivity index (χ4v) is 2.24. The van der Waals surface area contributed by atoms with Gasteiger partial charge in [0, 0.05) is 0 Å². The third kappa shape index (κ3) is 5.37. The SMILES string of the molecule is CCCCOc1cccc([N-]S(=O)(=O)CC[NH3+])c1. The van der Waals surface area contributed by atoms with Gasteiger partial charge in [0.05, 0.1) is 28.9 Å². The summed E-state index contributed by atoms with van der Waals surface area (Å²) in [6.45, 7) is 3.03. The molecule has 0 bridgehead atoms. The zero-order valence-corrected chi connectivity index (χ0v) is 11.4. The highest BCUT2D eigenvalue weighted by atomic mass is 32.2. The van der Waals surface area contributed by atoms with Gasteiger partial charge < -0.3 is 15.2 Å². The van der Waals surface area contributed by atoms with Crippen LogP contribution in [0.2, 0.25) is 0 Å². The quantitative estimate of drug-likeness (QED) is 0.727. The van der Waals surface area contributed by atoms with Gasteiger partial charge in [-0.25, -0.2) is 8.42 Å². The van der Waals surface area contributed by atoms with Gasteiger partial charge in [-0.2, -0.15) is 0 Å². The van der Waals surface area contributed by atoms with Crippen LogP contribution in [0.25, 0.3) is 4.72 Å². The Morgan fingerprint density at radius 1 is 1.39 bits per heavy atom. The molecule has 1 rings (SSSR count). The van der Waals surface area contributed by atoms with E-state index in [9.17, 15) is 8.42 Å². The Morgan fingerprint density at radius 2 is 2.17 bits per heavy atom. The second-order valence-corrected chi connectivity index (χ2v) is 5.68. The van der Waals surface area contributed by atoms with E-state index < -0.39 is 10.0 Å². The molecule has 0 saturated carbocycles. The lowest BCUT2D eigenvalue weighted by Gasteiger charge is -2.21. The van der Waals surface area contributed by atoms with E-state index in [1.54, 1.807) is 24.3 Å². The highest BCUT2D eigenvalue weighted by molar-refractivity contribution is 7.94. The molecule has 0 unspecified atom stereocenters. The van der Waals surface area contributed by atoms with Crippen molar-refractivity contribution in [1.29, 1.82) is 0 Å². The summed E-state index contributed by atoms with van der Waals surface area (Å²) < 4.78 is 32.3. The van der Waals surface area contributed by atoms with Crippen LogP contribution in [0.1, 0.15) is 19.8 Å². The van der Waals surface area contributed by atoms with Gasteiger partial charge >= 0.3 is 0 Å². The Bertz CT molecular complexity index is 460. The molecule has 0 fully saturated rings. The molecule has 0 aliphatic carbocycles. The standard InChI is InChI=1S/C12H19N2O3S/c1-2-3-8-17-12-6-4-5-11(10-12)14-18(15,16)9-7-13/h4-6,10H,2-3,7-9,13H2,1H3/q-1/p+1. The second-order valence-electron chi connectivity index (χ2n) is 3.93. The molecule has 5 nitrogen and oxygen atoms in total. The van der Waals surface area contributed by atoms with Gasteiger partial charge in [-0.15, -0.1) is 5.69 Å². The molecule has 3 N–H and O–H groups in total. The molecule has 0 saturated heterocycles. The first kappa shape index (κ1) is 14.8. The third-order valence-electron chi connectivity index (χ3n) is 2.23. The average Bonchev–Trinajstić information content (AvgIpc) is 2.29. The van der Waals surface area contributed by atoms with Crippen LogP contribution in [0.3, 0.4) is 0 Å². The van der Waals surface area contributed by atoms with Gasteiger partial charge in [0.25, 0.3) is 0 Å². The molecule has 18 heavy (non-hydrogen) atoms. The van der Waals surface area contributed by atoms with Gasteiger partial charge in [-0.3, -0.25) is 0 Å². The van der Waals surface area contributed by atoms with Crippen molar-refractivity contribution >= 4 is 15.7 Å². The lowest BCUT2D eigenvalue weighted by atomic mass is 10.3. The van der Waals surface area contributed by atoms with E-state index in [-0.39, 0.29) is 5.75 Å². The molecule has 0 amide bonds. The van der Waals surface area contributed by atoms with Crippen molar-refractivity contribution in [3.05, 3.63) is 29.0 Å². The van der Waals surface area contributed by atoms with E-state index in [2.05, 4.69) is 17.4 Å². The molecule has 0 aliphatic heterocycles. The molecule has 102 valence electrons. The smallest absolute Gasteiger partial charge is 0.118 e. The molecular formula is C12H20N2O3S. The normalized spacial score (nSPS) is 11.2. The van der Waals surface area contributed by atoms with E-state index in [4.69, 9.17) is 4.74 Å². The average molecular weight is 272 g/mol. The topological polar surface area (TPSA) is 85.1 Å². The summed E-state index contributed by atoms with van der Waals surface area (Å²) in [4.78, 5) is 0. The molecule has 6 heteroatoms. The number of ether oxygens (including phenoxy) is 1. The number of hydrogen-bond donors (Lipinski definition) is 1. The van der Waals surface area contributed by atoms with Crippen LogP contribution < -0.4 is 10.5 Å². The number of hydrogen-bond acceptors (Lipinski definition) is 3. The largest absolute Gasteiger partial charge is 0.577 e. The van der Waals surface area contributed by atoms with Crippen LogP contribution in [-0.2, 0) is 10.0 Å². The maximum Gasteiger partial charge on any atom is 0.118 e. The molecule has 0 aromatic heterocycles. The molecule has 0 aliphatic rings. The number of rotatable bonds is 8. The number of nitrogens with zero attached hydrogens (tertiary/aromatic N) is 1. The van der Waals surface area contributed by atoms with E-state index in [1.165, 1.54) is 0 Å². The van der Waals surface area contributed by atoms with Crippen LogP contribution >= 0.6 is 0 Å². The van der Waals surface area contributed by atoms with Crippen molar-refractivity contribution in [1.82, 2.24) is 0 Å². The molecule has 0 heterocycles. The fraction of sp³-hybridized carbons (Fsp3) is 0.500. The fourth-order valence-electron chi connectivity index (χ4n) is 1.35. The minimum atomic E-state index is -3.42. The monoisotopic (exact) mass is 272 g/mol. The van der Waals surface area contributed by atoms with Crippen LogP contribution in [0.15, 0.2) is 24.3 Å². The minimum Gasteiger partial charge on any atom is -0.577 e. The van der Waals surface area contributed by atoms with Crippen molar-refractivity contribution in [2.75, 3.05) is 18.9 Å². The van der Waals surface area contributed by atoms with Crippen molar-refractivity contribution in [3.63, 3.8) is 0 Å². The van der Waals surface area contributed by atoms with Crippen LogP contribution in [0, 0.1) is 0 Å². The third-order valence-corrected chi connectivity index (χ3v) is 3.52. The summed E-state index contributed by atoms with van der Waals surface area (Å²) in [5.74, 6) is 0.614. The predicted octanol–water partition coefficient (Wildman–Crippen LogP) is 1.44. The molecule has 0 radical (unpaired) electrons. The summed E-state index contributed by atoms with van der Waals surface area (Å²) in [7, 11) is -3.42. The van der Waals surface area contributed by atoms with E-state index in [0.29, 0.717) is 24.6 Å². The predicted molar refractivity (Wildman–Crippen MR) is 71.4 cm³/mol. The second kappa shape index (κ2) is 7.23. The highest BCUT2D eigenvalue weighted by Crippen LogP contribution is 2.26. The minimum absolute atomic E-state index is 0.0338. The van der Waals surface area contributed by atoms with Gasteiger partial charge in [-0.05, 0) is 18.6 Å². The van der Waals surface area contributed by atoms with Gasteiger partial charge in [0.15, 0.2) is 0 Å². The Labute approximate surface area is 108 Å². The summed E-state index contributed by atoms with van der Waals surface area (Å²) in [5.41, 5.74) is 3.92. The van der Waals surface area contributed by atoms with Crippen LogP contribution in [0.5, 0.6) is 5.75 Å². The lowest BCUT2D eigenvalue weighted by molar-refractivity contribution is -0.360. The van der Waals surface area contributed by atoms with Gasteiger partial charge in [-0.1, -0.05) is 25.5 Å². The summed E-state index contributed by atoms with van der Waals surface area (Å²) >= 11 is 0. The van der Waals surface area contributed by atoms with Crippen LogP contribution in [0.4, 0.5) is 5.69 Å². The number of unbranched alkanes of at least 4 members (excludes halogenated alkanes) is 1. The molecule has 0 atom stereocenters. The van der Waals surface area contributed by atoms with Crippen molar-refractivity contribution in [2.45, 2.75) is 19.8 Å². The van der Waals surface area contributed by atoms with Crippen LogP contribution in [-0.4, -0.2) is 27.3 Å². The molecule has 1 aromatic carbocycles. The van der Waals surface area contributed by atoms with Gasteiger partial charge in [0.2, 0.25) is 0 Å². The first-order valence-electron chi connectivity index (χ1n) is 6.05. The molecular weight excluding hydrogens is 252 g/mol. The highest BCUT2D eigenvalue weighted by Gasteiger charge is 2.00. The van der Waals surface area contributed by atoms with Crippen molar-refractivity contribution in [2.24, 2.45) is 0 Å². The molecule has 1 aromatic rings. The Kier molecular flexibility index (Phi) is 5.94. The zero-order valence-electron chi connectivity index (χ0n) is 10.6. The summed E-state index contributed by atoms with van der Waals surface area (Å²) in [5, 5.41) is 0. The van der Waals surface area contributed by atoms with E-state index in [1.807, 2.05) is 0 Å². The lowest BCUT2D eigenvalue weighted by Crippen LogP contribution is -2.52. The Morgan fingerprint density at radius 3 is 2.83 bits per heavy atom. The maximum absolute atomic E-state index is 11.5. The van der Waals surface area contributed by atoms with Gasteiger partial charge in [0.1, 0.15) is 5.75 Å².